The van der Waals surface area contributed by atoms with E-state index < -0.39 is 0 Å². The van der Waals surface area contributed by atoms with E-state index in [2.05, 4.69) is 120 Å². The topological polar surface area (TPSA) is 68.2 Å². The summed E-state index contributed by atoms with van der Waals surface area (Å²) in [5.41, 5.74) is 8.82. The van der Waals surface area contributed by atoms with Crippen molar-refractivity contribution in [3.63, 3.8) is 0 Å². The van der Waals surface area contributed by atoms with Gasteiger partial charge in [0.2, 0.25) is 0 Å². The summed E-state index contributed by atoms with van der Waals surface area (Å²) in [7, 11) is 1.00. The summed E-state index contributed by atoms with van der Waals surface area (Å²) in [4.78, 5) is 13.6. The molecule has 0 bridgehead atoms. The highest BCUT2D eigenvalue weighted by Gasteiger charge is 2.17. The third-order valence-electron chi connectivity index (χ3n) is 8.29. The fourth-order valence-electron chi connectivity index (χ4n) is 5.00. The molecule has 5 rings (SSSR count). The molecule has 0 saturated carbocycles. The normalized spacial score (nSPS) is 11.5. The zero-order valence-corrected chi connectivity index (χ0v) is 34.4. The number of aliphatic hydroxyl groups excluding tert-OH is 1. The highest BCUT2D eigenvalue weighted by atomic mass is 16.5. The van der Waals surface area contributed by atoms with Gasteiger partial charge in [-0.25, -0.2) is 0 Å². The molecule has 1 N–H and O–H groups in total. The van der Waals surface area contributed by atoms with Crippen molar-refractivity contribution in [3.05, 3.63) is 124 Å². The SMILES string of the molecule is CCCC(=O)Cc1ccc(C)cc1.CCCCOc1ccc(OCCCC)c(N2CCOCC2)c1.CO.Cc1ccc(C)cc1.Cc1ccc(C)cc1. The van der Waals surface area contributed by atoms with Crippen LogP contribution in [-0.2, 0) is 16.0 Å². The number of rotatable bonds is 13. The Balaban J connectivity index is 0.000000382. The van der Waals surface area contributed by atoms with Crippen molar-refractivity contribution in [1.29, 1.82) is 0 Å². The fourth-order valence-corrected chi connectivity index (χ4v) is 5.00. The number of hydrogen-bond donors (Lipinski definition) is 1. The highest BCUT2D eigenvalue weighted by molar-refractivity contribution is 5.80. The second-order valence-corrected chi connectivity index (χ2v) is 13.4. The van der Waals surface area contributed by atoms with Crippen LogP contribution in [0.25, 0.3) is 0 Å². The minimum Gasteiger partial charge on any atom is -0.494 e. The molecule has 0 unspecified atom stereocenters. The van der Waals surface area contributed by atoms with E-state index in [0.29, 0.717) is 18.6 Å². The molecular weight excluding hydrogens is 659 g/mol. The van der Waals surface area contributed by atoms with Gasteiger partial charge in [-0.15, -0.1) is 0 Å². The van der Waals surface area contributed by atoms with Crippen LogP contribution in [0.2, 0.25) is 0 Å². The van der Waals surface area contributed by atoms with Crippen LogP contribution in [-0.4, -0.2) is 57.5 Å². The third-order valence-corrected chi connectivity index (χ3v) is 8.29. The molecule has 4 aromatic carbocycles. The molecular formula is C47H69NO5. The Bertz CT molecular complexity index is 1390. The van der Waals surface area contributed by atoms with Crippen LogP contribution in [0.15, 0.2) is 91.0 Å². The third kappa shape index (κ3) is 21.9. The Morgan fingerprint density at radius 3 is 1.49 bits per heavy atom. The first-order valence-corrected chi connectivity index (χ1v) is 19.5. The van der Waals surface area contributed by atoms with Crippen LogP contribution in [0, 0.1) is 34.6 Å². The van der Waals surface area contributed by atoms with Crippen LogP contribution in [0.5, 0.6) is 11.5 Å². The van der Waals surface area contributed by atoms with Gasteiger partial charge in [0.25, 0.3) is 0 Å². The molecule has 6 heteroatoms. The first kappa shape index (κ1) is 46.9. The van der Waals surface area contributed by atoms with E-state index in [1.54, 1.807) is 0 Å². The molecule has 0 aromatic heterocycles. The minimum absolute atomic E-state index is 0.339. The lowest BCUT2D eigenvalue weighted by atomic mass is 10.1. The second kappa shape index (κ2) is 29.3. The van der Waals surface area contributed by atoms with Crippen molar-refractivity contribution in [1.82, 2.24) is 0 Å². The predicted octanol–water partition coefficient (Wildman–Crippen LogP) is 11.0. The number of morpholine rings is 1. The summed E-state index contributed by atoms with van der Waals surface area (Å²) >= 11 is 0. The van der Waals surface area contributed by atoms with E-state index >= 15 is 0 Å². The molecule has 53 heavy (non-hydrogen) atoms. The zero-order valence-electron chi connectivity index (χ0n) is 34.4. The number of anilines is 1. The largest absolute Gasteiger partial charge is 0.494 e. The van der Waals surface area contributed by atoms with Gasteiger partial charge >= 0.3 is 0 Å². The molecule has 0 atom stereocenters. The lowest BCUT2D eigenvalue weighted by Gasteiger charge is -2.30. The van der Waals surface area contributed by atoms with E-state index in [0.717, 1.165) is 101 Å². The van der Waals surface area contributed by atoms with Gasteiger partial charge in [0.15, 0.2) is 0 Å². The summed E-state index contributed by atoms with van der Waals surface area (Å²) in [6.45, 7) is 21.7. The smallest absolute Gasteiger partial charge is 0.142 e. The molecule has 1 fully saturated rings. The van der Waals surface area contributed by atoms with E-state index in [1.807, 2.05) is 31.2 Å². The van der Waals surface area contributed by atoms with Crippen molar-refractivity contribution < 1.29 is 24.1 Å². The minimum atomic E-state index is 0.339. The Morgan fingerprint density at radius 2 is 1.06 bits per heavy atom. The maximum atomic E-state index is 11.3. The lowest BCUT2D eigenvalue weighted by Crippen LogP contribution is -2.36. The molecule has 292 valence electrons. The molecule has 0 spiro atoms. The first-order chi connectivity index (χ1) is 25.6. The number of Topliss-reactive ketones (excluding diaryl/α,β-unsaturated/α-hetero) is 1. The molecule has 1 aliphatic rings. The van der Waals surface area contributed by atoms with E-state index in [1.165, 1.54) is 27.8 Å². The molecule has 6 nitrogen and oxygen atoms in total. The number of unbranched alkanes of at least 4 members (excludes halogenated alkanes) is 2. The number of ketones is 1. The lowest BCUT2D eigenvalue weighted by molar-refractivity contribution is -0.118. The molecule has 0 aliphatic carbocycles. The maximum Gasteiger partial charge on any atom is 0.142 e. The average molecular weight is 728 g/mol. The Kier molecular flexibility index (Phi) is 26.0. The molecule has 4 aromatic rings. The van der Waals surface area contributed by atoms with Gasteiger partial charge in [-0.3, -0.25) is 4.79 Å². The van der Waals surface area contributed by atoms with Crippen molar-refractivity contribution in [2.24, 2.45) is 0 Å². The quantitative estimate of drug-likeness (QED) is 0.138. The van der Waals surface area contributed by atoms with Crippen LogP contribution < -0.4 is 14.4 Å². The zero-order chi connectivity index (χ0) is 39.3. The van der Waals surface area contributed by atoms with Crippen LogP contribution in [0.4, 0.5) is 5.69 Å². The van der Waals surface area contributed by atoms with Gasteiger partial charge in [-0.1, -0.05) is 134 Å². The van der Waals surface area contributed by atoms with Gasteiger partial charge in [-0.05, 0) is 71.6 Å². The Labute approximate surface area is 322 Å². The summed E-state index contributed by atoms with van der Waals surface area (Å²) in [6, 6.07) is 31.3. The molecule has 1 saturated heterocycles. The first-order valence-electron chi connectivity index (χ1n) is 19.5. The van der Waals surface area contributed by atoms with Crippen molar-refractivity contribution in [2.45, 2.75) is 100 Å². The van der Waals surface area contributed by atoms with E-state index in [9.17, 15) is 4.79 Å². The summed E-state index contributed by atoms with van der Waals surface area (Å²) in [5, 5.41) is 7.00. The number of ether oxygens (including phenoxy) is 3. The monoisotopic (exact) mass is 728 g/mol. The maximum absolute atomic E-state index is 11.3. The number of aliphatic hydroxyl groups is 1. The highest BCUT2D eigenvalue weighted by Crippen LogP contribution is 2.33. The molecule has 0 radical (unpaired) electrons. The number of aryl methyl sites for hydroxylation is 5. The average Bonchev–Trinajstić information content (AvgIpc) is 3.18. The van der Waals surface area contributed by atoms with E-state index in [4.69, 9.17) is 19.3 Å². The van der Waals surface area contributed by atoms with Crippen LogP contribution >= 0.6 is 0 Å². The molecule has 0 amide bonds. The summed E-state index contributed by atoms with van der Waals surface area (Å²) in [6.07, 6.45) is 6.70. The van der Waals surface area contributed by atoms with Gasteiger partial charge in [0.1, 0.15) is 17.3 Å². The second-order valence-electron chi connectivity index (χ2n) is 13.4. The van der Waals surface area contributed by atoms with Gasteiger partial charge < -0.3 is 24.2 Å². The van der Waals surface area contributed by atoms with Gasteiger partial charge in [-0.2, -0.15) is 0 Å². The number of benzene rings is 4. The Hall–Kier alpha value is -4.13. The number of nitrogens with zero attached hydrogens (tertiary/aromatic N) is 1. The standard InChI is InChI=1S/C18H29NO3.C12H16O.2C8H10.CH4O/c1-3-5-11-21-16-7-8-18(22-12-6-4-2)17(15-16)19-9-13-20-14-10-19;1-3-4-12(13)9-11-7-5-10(2)6-8-11;2*1-7-3-5-8(2)6-4-7;1-2/h7-8,15H,3-6,9-14H2,1-2H3;5-8H,3-4,9H2,1-2H3;2*3-6H,1-2H3;2H,1H3. The van der Waals surface area contributed by atoms with Gasteiger partial charge in [0.05, 0.1) is 32.1 Å². The summed E-state index contributed by atoms with van der Waals surface area (Å²) < 4.78 is 17.3. The van der Waals surface area contributed by atoms with Crippen LogP contribution in [0.1, 0.15) is 92.7 Å². The van der Waals surface area contributed by atoms with Crippen molar-refractivity contribution in [3.8, 4) is 11.5 Å². The number of carbonyl (C=O) groups is 1. The van der Waals surface area contributed by atoms with Crippen molar-refractivity contribution in [2.75, 3.05) is 51.5 Å². The number of hydrogen-bond acceptors (Lipinski definition) is 6. The van der Waals surface area contributed by atoms with Gasteiger partial charge in [0, 0.05) is 39.1 Å². The summed E-state index contributed by atoms with van der Waals surface area (Å²) in [5.74, 6) is 2.22. The molecule has 1 heterocycles. The Morgan fingerprint density at radius 1 is 0.623 bits per heavy atom. The predicted molar refractivity (Wildman–Crippen MR) is 225 cm³/mol. The molecule has 1 aliphatic heterocycles. The number of carbonyl (C=O) groups excluding carboxylic acids is 1. The van der Waals surface area contributed by atoms with Crippen LogP contribution in [0.3, 0.4) is 0 Å². The van der Waals surface area contributed by atoms with Crippen molar-refractivity contribution >= 4 is 11.5 Å². The van der Waals surface area contributed by atoms with E-state index in [-0.39, 0.29) is 0 Å². The fraction of sp³-hybridized carbons (Fsp3) is 0.468.